The van der Waals surface area contributed by atoms with E-state index in [2.05, 4.69) is 162 Å². The van der Waals surface area contributed by atoms with Crippen LogP contribution in [0.15, 0.2) is 170 Å². The third kappa shape index (κ3) is 6.07. The van der Waals surface area contributed by atoms with E-state index in [0.717, 1.165) is 28.2 Å². The van der Waals surface area contributed by atoms with Crippen LogP contribution in [0.25, 0.3) is 42.4 Å². The second kappa shape index (κ2) is 13.2. The minimum absolute atomic E-state index is 0.204. The van der Waals surface area contributed by atoms with Gasteiger partial charge in [-0.1, -0.05) is 127 Å². The monoisotopic (exact) mass is 637 g/mol. The van der Waals surface area contributed by atoms with E-state index in [1.807, 2.05) is 29.5 Å². The maximum absolute atomic E-state index is 6.72. The average molecular weight is 638 g/mol. The van der Waals surface area contributed by atoms with Crippen LogP contribution in [-0.2, 0) is 6.54 Å². The summed E-state index contributed by atoms with van der Waals surface area (Å²) in [5.41, 5.74) is 18.0. The average Bonchev–Trinajstić information content (AvgIpc) is 3.52. The second-order valence-corrected chi connectivity index (χ2v) is 13.2. The van der Waals surface area contributed by atoms with Crippen LogP contribution in [-0.4, -0.2) is 0 Å². The van der Waals surface area contributed by atoms with Crippen LogP contribution in [0.3, 0.4) is 0 Å². The van der Waals surface area contributed by atoms with E-state index in [9.17, 15) is 0 Å². The van der Waals surface area contributed by atoms with Crippen molar-refractivity contribution in [2.75, 3.05) is 10.6 Å². The van der Waals surface area contributed by atoms with Crippen molar-refractivity contribution in [2.24, 2.45) is 5.73 Å². The molecule has 232 valence electrons. The summed E-state index contributed by atoms with van der Waals surface area (Å²) in [6, 6.07) is 59.8. The Hall–Kier alpha value is -5.68. The molecule has 8 rings (SSSR count). The lowest BCUT2D eigenvalue weighted by atomic mass is 9.97. The largest absolute Gasteiger partial charge is 0.381 e. The standard InChI is InChI=1S/C44H35N3S/c45-44(32-16-5-2-6-17-32)37-22-7-9-23-40(37)46-29-30-13-11-20-35(25-30)47-41-27-39-36-21-8-10-24-42(36)48-43(39)28-38(41)34-19-12-18-33(26-34)31-14-3-1-4-15-31/h1-28,44,46-47H,29,45H2. The molecule has 1 atom stereocenters. The first kappa shape index (κ1) is 29.7. The first-order chi connectivity index (χ1) is 23.7. The van der Waals surface area contributed by atoms with E-state index in [1.165, 1.54) is 48.0 Å². The van der Waals surface area contributed by atoms with Crippen LogP contribution < -0.4 is 16.4 Å². The van der Waals surface area contributed by atoms with Gasteiger partial charge in [-0.15, -0.1) is 11.3 Å². The minimum Gasteiger partial charge on any atom is -0.381 e. The lowest BCUT2D eigenvalue weighted by Gasteiger charge is -2.19. The third-order valence-corrected chi connectivity index (χ3v) is 10.1. The van der Waals surface area contributed by atoms with E-state index in [0.29, 0.717) is 6.54 Å². The van der Waals surface area contributed by atoms with Gasteiger partial charge in [0, 0.05) is 49.3 Å². The van der Waals surface area contributed by atoms with Gasteiger partial charge in [-0.2, -0.15) is 0 Å². The molecule has 1 heterocycles. The number of para-hydroxylation sites is 1. The van der Waals surface area contributed by atoms with Crippen LogP contribution in [0.2, 0.25) is 0 Å². The summed E-state index contributed by atoms with van der Waals surface area (Å²) >= 11 is 1.85. The molecule has 0 amide bonds. The van der Waals surface area contributed by atoms with Crippen LogP contribution in [0.4, 0.5) is 17.1 Å². The Bertz CT molecular complexity index is 2340. The Labute approximate surface area is 285 Å². The number of rotatable bonds is 9. The highest BCUT2D eigenvalue weighted by atomic mass is 32.1. The van der Waals surface area contributed by atoms with Gasteiger partial charge >= 0.3 is 0 Å². The van der Waals surface area contributed by atoms with E-state index >= 15 is 0 Å². The lowest BCUT2D eigenvalue weighted by Crippen LogP contribution is -2.14. The summed E-state index contributed by atoms with van der Waals surface area (Å²) < 4.78 is 2.58. The van der Waals surface area contributed by atoms with Gasteiger partial charge in [-0.3, -0.25) is 0 Å². The van der Waals surface area contributed by atoms with Gasteiger partial charge < -0.3 is 16.4 Å². The SMILES string of the molecule is NC(c1ccccc1)c1ccccc1NCc1cccc(Nc2cc3c(cc2-c2cccc(-c4ccccc4)c2)sc2ccccc23)c1. The molecule has 48 heavy (non-hydrogen) atoms. The van der Waals surface area contributed by atoms with Crippen molar-refractivity contribution >= 4 is 48.6 Å². The van der Waals surface area contributed by atoms with Crippen molar-refractivity contribution in [3.05, 3.63) is 187 Å². The molecule has 8 aromatic rings. The molecule has 0 aliphatic heterocycles. The maximum atomic E-state index is 6.72. The van der Waals surface area contributed by atoms with Gasteiger partial charge in [-0.05, 0) is 75.8 Å². The molecular formula is C44H35N3S. The van der Waals surface area contributed by atoms with Gasteiger partial charge in [0.05, 0.1) is 6.04 Å². The third-order valence-electron chi connectivity index (χ3n) is 8.94. The fourth-order valence-corrected chi connectivity index (χ4v) is 7.62. The van der Waals surface area contributed by atoms with Crippen molar-refractivity contribution in [3.8, 4) is 22.3 Å². The quantitative estimate of drug-likeness (QED) is 0.148. The van der Waals surface area contributed by atoms with Crippen molar-refractivity contribution < 1.29 is 0 Å². The minimum atomic E-state index is -0.204. The maximum Gasteiger partial charge on any atom is 0.0572 e. The molecule has 0 saturated carbocycles. The lowest BCUT2D eigenvalue weighted by molar-refractivity contribution is 0.870. The van der Waals surface area contributed by atoms with E-state index in [1.54, 1.807) is 0 Å². The highest BCUT2D eigenvalue weighted by Gasteiger charge is 2.15. The normalized spacial score (nSPS) is 11.9. The molecule has 0 aliphatic rings. The molecule has 0 spiro atoms. The fraction of sp³-hybridized carbons (Fsp3) is 0.0455. The number of fused-ring (bicyclic) bond motifs is 3. The summed E-state index contributed by atoms with van der Waals surface area (Å²) in [7, 11) is 0. The summed E-state index contributed by atoms with van der Waals surface area (Å²) in [4.78, 5) is 0. The molecule has 0 radical (unpaired) electrons. The van der Waals surface area contributed by atoms with Gasteiger partial charge in [0.25, 0.3) is 0 Å². The summed E-state index contributed by atoms with van der Waals surface area (Å²) in [5, 5.41) is 10.0. The zero-order valence-electron chi connectivity index (χ0n) is 26.4. The topological polar surface area (TPSA) is 50.1 Å². The molecule has 4 heteroatoms. The van der Waals surface area contributed by atoms with Gasteiger partial charge in [-0.25, -0.2) is 0 Å². The second-order valence-electron chi connectivity index (χ2n) is 12.1. The molecule has 0 bridgehead atoms. The predicted octanol–water partition coefficient (Wildman–Crippen LogP) is 11.8. The molecule has 0 aliphatic carbocycles. The van der Waals surface area contributed by atoms with Gasteiger partial charge in [0.15, 0.2) is 0 Å². The number of benzene rings is 7. The van der Waals surface area contributed by atoms with Crippen molar-refractivity contribution in [3.63, 3.8) is 0 Å². The van der Waals surface area contributed by atoms with E-state index < -0.39 is 0 Å². The number of hydrogen-bond acceptors (Lipinski definition) is 4. The Morgan fingerprint density at radius 1 is 0.521 bits per heavy atom. The van der Waals surface area contributed by atoms with E-state index in [-0.39, 0.29) is 6.04 Å². The zero-order valence-corrected chi connectivity index (χ0v) is 27.3. The Morgan fingerprint density at radius 2 is 1.23 bits per heavy atom. The molecule has 0 saturated heterocycles. The van der Waals surface area contributed by atoms with Crippen molar-refractivity contribution in [2.45, 2.75) is 12.6 Å². The Kier molecular flexibility index (Phi) is 8.17. The van der Waals surface area contributed by atoms with Gasteiger partial charge in [0.1, 0.15) is 0 Å². The highest BCUT2D eigenvalue weighted by molar-refractivity contribution is 7.25. The number of hydrogen-bond donors (Lipinski definition) is 3. The molecule has 3 nitrogen and oxygen atoms in total. The van der Waals surface area contributed by atoms with Crippen LogP contribution in [0.5, 0.6) is 0 Å². The Balaban J connectivity index is 1.12. The molecule has 7 aromatic carbocycles. The summed E-state index contributed by atoms with van der Waals surface area (Å²) in [5.74, 6) is 0. The fourth-order valence-electron chi connectivity index (χ4n) is 6.49. The summed E-state index contributed by atoms with van der Waals surface area (Å²) in [6.07, 6.45) is 0. The molecular weight excluding hydrogens is 603 g/mol. The van der Waals surface area contributed by atoms with Crippen molar-refractivity contribution in [1.29, 1.82) is 0 Å². The van der Waals surface area contributed by atoms with Crippen LogP contribution >= 0.6 is 11.3 Å². The first-order valence-electron chi connectivity index (χ1n) is 16.3. The molecule has 1 unspecified atom stereocenters. The number of anilines is 3. The van der Waals surface area contributed by atoms with Gasteiger partial charge in [0.2, 0.25) is 0 Å². The highest BCUT2D eigenvalue weighted by Crippen LogP contribution is 2.42. The first-order valence-corrected chi connectivity index (χ1v) is 17.1. The summed E-state index contributed by atoms with van der Waals surface area (Å²) in [6.45, 7) is 0.675. The smallest absolute Gasteiger partial charge is 0.0572 e. The molecule has 0 fully saturated rings. The number of nitrogens with two attached hydrogens (primary N) is 1. The number of nitrogens with one attached hydrogen (secondary N) is 2. The van der Waals surface area contributed by atoms with Crippen LogP contribution in [0.1, 0.15) is 22.7 Å². The van der Waals surface area contributed by atoms with E-state index in [4.69, 9.17) is 5.73 Å². The zero-order chi connectivity index (χ0) is 32.3. The van der Waals surface area contributed by atoms with Crippen LogP contribution in [0, 0.1) is 0 Å². The molecule has 4 N–H and O–H groups in total. The Morgan fingerprint density at radius 3 is 2.10 bits per heavy atom. The van der Waals surface area contributed by atoms with Crippen molar-refractivity contribution in [1.82, 2.24) is 0 Å². The molecule has 1 aromatic heterocycles. The predicted molar refractivity (Wildman–Crippen MR) is 206 cm³/mol. The number of thiophene rings is 1.